The number of ether oxygens (including phenoxy) is 1. The number of alkyl halides is 2. The summed E-state index contributed by atoms with van der Waals surface area (Å²) in [5.41, 5.74) is 2.40. The third-order valence-electron chi connectivity index (χ3n) is 3.84. The van der Waals surface area contributed by atoms with Gasteiger partial charge in [-0.2, -0.15) is 8.78 Å². The first-order valence-corrected chi connectivity index (χ1v) is 8.95. The van der Waals surface area contributed by atoms with E-state index in [-0.39, 0.29) is 12.3 Å². The minimum atomic E-state index is -2.91. The lowest BCUT2D eigenvalue weighted by Crippen LogP contribution is -2.38. The van der Waals surface area contributed by atoms with Crippen LogP contribution in [-0.4, -0.2) is 30.8 Å². The van der Waals surface area contributed by atoms with Crippen molar-refractivity contribution in [2.24, 2.45) is 4.99 Å². The Hall–Kier alpha value is -2.35. The second kappa shape index (κ2) is 10.1. The third kappa shape index (κ3) is 6.39. The van der Waals surface area contributed by atoms with Crippen LogP contribution in [0.2, 0.25) is 5.02 Å². The Labute approximate surface area is 161 Å². The molecule has 0 aliphatic carbocycles. The van der Waals surface area contributed by atoms with Crippen LogP contribution in [0.4, 0.5) is 8.78 Å². The molecule has 1 heterocycles. The molecule has 2 aromatic rings. The van der Waals surface area contributed by atoms with Gasteiger partial charge in [-0.05, 0) is 45.4 Å². The molecule has 148 valence electrons. The van der Waals surface area contributed by atoms with Crippen LogP contribution in [0.5, 0.6) is 5.75 Å². The lowest BCUT2D eigenvalue weighted by Gasteiger charge is -2.13. The number of halogens is 3. The molecule has 0 saturated heterocycles. The van der Waals surface area contributed by atoms with Crippen LogP contribution in [0.3, 0.4) is 0 Å². The first-order valence-electron chi connectivity index (χ1n) is 8.57. The number of nitrogens with zero attached hydrogens (tertiary/aromatic N) is 2. The third-order valence-corrected chi connectivity index (χ3v) is 4.07. The molecule has 9 heteroatoms. The molecule has 0 fully saturated rings. The number of aryl methyl sites for hydroxylation is 2. The topological polar surface area (TPSA) is 71.7 Å². The summed E-state index contributed by atoms with van der Waals surface area (Å²) in [5.74, 6) is 1.42. The average Bonchev–Trinajstić information content (AvgIpc) is 2.93. The fourth-order valence-electron chi connectivity index (χ4n) is 2.55. The summed E-state index contributed by atoms with van der Waals surface area (Å²) in [4.78, 5) is 4.43. The first kappa shape index (κ1) is 21.0. The normalized spacial score (nSPS) is 11.7. The maximum atomic E-state index is 12.6. The van der Waals surface area contributed by atoms with Crippen molar-refractivity contribution < 1.29 is 18.0 Å². The SMILES string of the molecule is CCNC(=NCc1cc(Cl)ccc1OC(F)F)NCCc1c(C)noc1C. The van der Waals surface area contributed by atoms with Gasteiger partial charge in [0.1, 0.15) is 11.5 Å². The molecule has 1 aromatic carbocycles. The van der Waals surface area contributed by atoms with Crippen LogP contribution in [0.25, 0.3) is 0 Å². The molecule has 0 atom stereocenters. The Bertz CT molecular complexity index is 761. The summed E-state index contributed by atoms with van der Waals surface area (Å²) in [5, 5.41) is 10.7. The van der Waals surface area contributed by atoms with Crippen LogP contribution in [0.1, 0.15) is 29.5 Å². The molecule has 2 N–H and O–H groups in total. The van der Waals surface area contributed by atoms with Gasteiger partial charge in [-0.3, -0.25) is 0 Å². The number of guanidine groups is 1. The number of hydrogen-bond acceptors (Lipinski definition) is 4. The number of nitrogens with one attached hydrogen (secondary N) is 2. The number of rotatable bonds is 8. The van der Waals surface area contributed by atoms with Crippen molar-refractivity contribution in [1.29, 1.82) is 0 Å². The van der Waals surface area contributed by atoms with Gasteiger partial charge in [0.05, 0.1) is 12.2 Å². The zero-order chi connectivity index (χ0) is 19.8. The minimum Gasteiger partial charge on any atom is -0.434 e. The highest BCUT2D eigenvalue weighted by molar-refractivity contribution is 6.30. The van der Waals surface area contributed by atoms with Crippen LogP contribution >= 0.6 is 11.6 Å². The lowest BCUT2D eigenvalue weighted by molar-refractivity contribution is -0.0504. The number of aromatic nitrogens is 1. The van der Waals surface area contributed by atoms with Gasteiger partial charge < -0.3 is 19.9 Å². The molecule has 0 unspecified atom stereocenters. The summed E-state index contributed by atoms with van der Waals surface area (Å²) < 4.78 is 34.8. The van der Waals surface area contributed by atoms with Crippen molar-refractivity contribution in [1.82, 2.24) is 15.8 Å². The van der Waals surface area contributed by atoms with Gasteiger partial charge in [0.2, 0.25) is 0 Å². The predicted molar refractivity (Wildman–Crippen MR) is 101 cm³/mol. The van der Waals surface area contributed by atoms with Gasteiger partial charge in [-0.15, -0.1) is 0 Å². The molecule has 6 nitrogen and oxygen atoms in total. The summed E-state index contributed by atoms with van der Waals surface area (Å²) in [6, 6.07) is 4.48. The molecule has 0 bridgehead atoms. The Morgan fingerprint density at radius 1 is 1.33 bits per heavy atom. The van der Waals surface area contributed by atoms with Crippen molar-refractivity contribution in [2.45, 2.75) is 40.3 Å². The van der Waals surface area contributed by atoms with Crippen molar-refractivity contribution in [3.8, 4) is 5.75 Å². The van der Waals surface area contributed by atoms with Crippen LogP contribution in [-0.2, 0) is 13.0 Å². The van der Waals surface area contributed by atoms with E-state index in [9.17, 15) is 8.78 Å². The van der Waals surface area contributed by atoms with E-state index in [1.54, 1.807) is 6.07 Å². The molecule has 27 heavy (non-hydrogen) atoms. The first-order chi connectivity index (χ1) is 12.9. The molecule has 2 rings (SSSR count). The van der Waals surface area contributed by atoms with E-state index in [0.29, 0.717) is 29.6 Å². The molecule has 0 aliphatic heterocycles. The zero-order valence-electron chi connectivity index (χ0n) is 15.5. The van der Waals surface area contributed by atoms with E-state index in [0.717, 1.165) is 23.4 Å². The summed E-state index contributed by atoms with van der Waals surface area (Å²) >= 11 is 5.96. The second-order valence-corrected chi connectivity index (χ2v) is 6.24. The fourth-order valence-corrected chi connectivity index (χ4v) is 2.75. The van der Waals surface area contributed by atoms with E-state index in [1.807, 2.05) is 20.8 Å². The highest BCUT2D eigenvalue weighted by Crippen LogP contribution is 2.25. The minimum absolute atomic E-state index is 0.0599. The van der Waals surface area contributed by atoms with Crippen molar-refractivity contribution >= 4 is 17.6 Å². The van der Waals surface area contributed by atoms with Gasteiger partial charge >= 0.3 is 6.61 Å². The van der Waals surface area contributed by atoms with Crippen LogP contribution in [0.15, 0.2) is 27.7 Å². The van der Waals surface area contributed by atoms with Gasteiger partial charge in [0.25, 0.3) is 0 Å². The van der Waals surface area contributed by atoms with E-state index in [1.165, 1.54) is 12.1 Å². The molecule has 0 saturated carbocycles. The largest absolute Gasteiger partial charge is 0.434 e. The van der Waals surface area contributed by atoms with Gasteiger partial charge in [0, 0.05) is 29.2 Å². The lowest BCUT2D eigenvalue weighted by atomic mass is 10.1. The Kier molecular flexibility index (Phi) is 7.84. The molecule has 0 aliphatic rings. The molecule has 0 radical (unpaired) electrons. The second-order valence-electron chi connectivity index (χ2n) is 5.81. The molecule has 0 spiro atoms. The average molecular weight is 401 g/mol. The van der Waals surface area contributed by atoms with Crippen molar-refractivity contribution in [3.63, 3.8) is 0 Å². The van der Waals surface area contributed by atoms with Gasteiger partial charge in [-0.25, -0.2) is 4.99 Å². The number of aliphatic imine (C=N–C) groups is 1. The zero-order valence-corrected chi connectivity index (χ0v) is 16.2. The maximum Gasteiger partial charge on any atom is 0.387 e. The van der Waals surface area contributed by atoms with Gasteiger partial charge in [-0.1, -0.05) is 16.8 Å². The van der Waals surface area contributed by atoms with Crippen LogP contribution < -0.4 is 15.4 Å². The fraction of sp³-hybridized carbons (Fsp3) is 0.444. The number of benzene rings is 1. The summed E-state index contributed by atoms with van der Waals surface area (Å²) in [6.07, 6.45) is 0.725. The molecular formula is C18H23ClF2N4O2. The number of hydrogen-bond donors (Lipinski definition) is 2. The Morgan fingerprint density at radius 3 is 2.74 bits per heavy atom. The van der Waals surface area contributed by atoms with Crippen LogP contribution in [0, 0.1) is 13.8 Å². The quantitative estimate of drug-likeness (QED) is 0.520. The summed E-state index contributed by atoms with van der Waals surface area (Å²) in [7, 11) is 0. The Morgan fingerprint density at radius 2 is 2.11 bits per heavy atom. The highest BCUT2D eigenvalue weighted by Gasteiger charge is 2.11. The molecule has 1 aromatic heterocycles. The monoisotopic (exact) mass is 400 g/mol. The highest BCUT2D eigenvalue weighted by atomic mass is 35.5. The van der Waals surface area contributed by atoms with Gasteiger partial charge in [0.15, 0.2) is 5.96 Å². The molecular weight excluding hydrogens is 378 g/mol. The van der Waals surface area contributed by atoms with E-state index >= 15 is 0 Å². The van der Waals surface area contributed by atoms with Crippen molar-refractivity contribution in [3.05, 3.63) is 45.8 Å². The smallest absolute Gasteiger partial charge is 0.387 e. The van der Waals surface area contributed by atoms with E-state index in [2.05, 4.69) is 25.5 Å². The Balaban J connectivity index is 2.03. The van der Waals surface area contributed by atoms with Crippen molar-refractivity contribution in [2.75, 3.05) is 13.1 Å². The predicted octanol–water partition coefficient (Wildman–Crippen LogP) is 3.84. The maximum absolute atomic E-state index is 12.6. The molecule has 0 amide bonds. The standard InChI is InChI=1S/C18H23ClF2N4O2/c1-4-22-18(23-8-7-15-11(2)25-27-12(15)3)24-10-13-9-14(19)5-6-16(13)26-17(20)21/h5-6,9,17H,4,7-8,10H2,1-3H3,(H2,22,23,24). The van der Waals surface area contributed by atoms with E-state index in [4.69, 9.17) is 16.1 Å². The summed E-state index contributed by atoms with van der Waals surface area (Å²) in [6.45, 7) is 4.22. The van der Waals surface area contributed by atoms with E-state index < -0.39 is 6.61 Å².